The zero-order valence-electron chi connectivity index (χ0n) is 13.7. The molecule has 2 rings (SSSR count). The van der Waals surface area contributed by atoms with Crippen LogP contribution in [0, 0.1) is 0 Å². The minimum absolute atomic E-state index is 0.130. The Labute approximate surface area is 131 Å². The molecule has 5 nitrogen and oxygen atoms in total. The number of carbonyl (C=O) groups is 1. The molecule has 0 amide bonds. The van der Waals surface area contributed by atoms with Crippen LogP contribution >= 0.6 is 0 Å². The van der Waals surface area contributed by atoms with E-state index in [9.17, 15) is 4.79 Å². The first kappa shape index (κ1) is 16.4. The Morgan fingerprint density at radius 1 is 1.27 bits per heavy atom. The number of hydrogen-bond acceptors (Lipinski definition) is 4. The third-order valence-corrected chi connectivity index (χ3v) is 3.17. The molecule has 0 spiro atoms. The van der Waals surface area contributed by atoms with Crippen LogP contribution in [0.4, 0.5) is 0 Å². The Balaban J connectivity index is 2.02. The first-order valence-electron chi connectivity index (χ1n) is 7.57. The number of nitrogens with zero attached hydrogens (tertiary/aromatic N) is 1. The van der Waals surface area contributed by atoms with Gasteiger partial charge in [0.1, 0.15) is 11.4 Å². The molecule has 0 aliphatic rings. The van der Waals surface area contributed by atoms with E-state index in [2.05, 4.69) is 9.88 Å². The topological polar surface area (TPSA) is 54.6 Å². The quantitative estimate of drug-likeness (QED) is 0.631. The highest BCUT2D eigenvalue weighted by Crippen LogP contribution is 2.22. The highest BCUT2D eigenvalue weighted by Gasteiger charge is 2.12. The van der Waals surface area contributed by atoms with Crippen molar-refractivity contribution < 1.29 is 14.3 Å². The smallest absolute Gasteiger partial charge is 0.355 e. The average Bonchev–Trinajstić information content (AvgIpc) is 2.86. The van der Waals surface area contributed by atoms with E-state index in [-0.39, 0.29) is 12.1 Å². The number of hydrogen-bond donors (Lipinski definition) is 1. The molecule has 0 bridgehead atoms. The molecule has 0 atom stereocenters. The molecule has 0 aliphatic carbocycles. The highest BCUT2D eigenvalue weighted by molar-refractivity contribution is 5.95. The SMILES string of the molecule is CC(C)OC(=O)c1cc2cc(OCCCN(C)C)ccc2[nH]1. The minimum Gasteiger partial charge on any atom is -0.494 e. The van der Waals surface area contributed by atoms with Crippen molar-refractivity contribution >= 4 is 16.9 Å². The maximum absolute atomic E-state index is 11.9. The van der Waals surface area contributed by atoms with Crippen molar-refractivity contribution in [3.63, 3.8) is 0 Å². The minimum atomic E-state index is -0.334. The monoisotopic (exact) mass is 304 g/mol. The number of rotatable bonds is 7. The molecule has 1 heterocycles. The number of esters is 1. The van der Waals surface area contributed by atoms with Gasteiger partial charge in [0.25, 0.3) is 0 Å². The van der Waals surface area contributed by atoms with Crippen LogP contribution in [0.3, 0.4) is 0 Å². The summed E-state index contributed by atoms with van der Waals surface area (Å²) in [4.78, 5) is 17.1. The normalized spacial score (nSPS) is 11.4. The summed E-state index contributed by atoms with van der Waals surface area (Å²) in [6.45, 7) is 5.34. The van der Waals surface area contributed by atoms with Gasteiger partial charge in [-0.1, -0.05) is 0 Å². The van der Waals surface area contributed by atoms with Gasteiger partial charge in [0.2, 0.25) is 0 Å². The van der Waals surface area contributed by atoms with Gasteiger partial charge in [-0.15, -0.1) is 0 Å². The molecule has 1 N–H and O–H groups in total. The number of H-pyrrole nitrogens is 1. The summed E-state index contributed by atoms with van der Waals surface area (Å²) in [6.07, 6.45) is 0.846. The van der Waals surface area contributed by atoms with Gasteiger partial charge < -0.3 is 19.4 Å². The summed E-state index contributed by atoms with van der Waals surface area (Å²) in [5.74, 6) is 0.480. The molecule has 5 heteroatoms. The number of ether oxygens (including phenoxy) is 2. The van der Waals surface area contributed by atoms with Crippen LogP contribution in [0.25, 0.3) is 10.9 Å². The number of fused-ring (bicyclic) bond motifs is 1. The summed E-state index contributed by atoms with van der Waals surface area (Å²) in [7, 11) is 4.09. The van der Waals surface area contributed by atoms with E-state index in [0.29, 0.717) is 12.3 Å². The Kier molecular flexibility index (Phi) is 5.44. The lowest BCUT2D eigenvalue weighted by Crippen LogP contribution is -2.15. The fourth-order valence-corrected chi connectivity index (χ4v) is 2.16. The predicted molar refractivity (Wildman–Crippen MR) is 87.5 cm³/mol. The zero-order chi connectivity index (χ0) is 16.1. The largest absolute Gasteiger partial charge is 0.494 e. The van der Waals surface area contributed by atoms with Gasteiger partial charge in [0.15, 0.2) is 0 Å². The fraction of sp³-hybridized carbons (Fsp3) is 0.471. The highest BCUT2D eigenvalue weighted by atomic mass is 16.5. The predicted octanol–water partition coefficient (Wildman–Crippen LogP) is 3.06. The van der Waals surface area contributed by atoms with Crippen molar-refractivity contribution in [2.75, 3.05) is 27.2 Å². The molecule has 1 aromatic carbocycles. The van der Waals surface area contributed by atoms with Crippen LogP contribution in [-0.4, -0.2) is 49.2 Å². The van der Waals surface area contributed by atoms with Crippen LogP contribution in [0.15, 0.2) is 24.3 Å². The van der Waals surface area contributed by atoms with E-state index >= 15 is 0 Å². The molecule has 0 aliphatic heterocycles. The number of aromatic amines is 1. The lowest BCUT2D eigenvalue weighted by Gasteiger charge is -2.10. The van der Waals surface area contributed by atoms with Crippen molar-refractivity contribution in [3.05, 3.63) is 30.0 Å². The fourth-order valence-electron chi connectivity index (χ4n) is 2.16. The molecular formula is C17H24N2O3. The molecule has 120 valence electrons. The van der Waals surface area contributed by atoms with Gasteiger partial charge in [-0.2, -0.15) is 0 Å². The second-order valence-corrected chi connectivity index (χ2v) is 5.89. The molecule has 0 radical (unpaired) electrons. The summed E-state index contributed by atoms with van der Waals surface area (Å²) in [5, 5.41) is 0.945. The Morgan fingerprint density at radius 2 is 2.05 bits per heavy atom. The summed E-state index contributed by atoms with van der Waals surface area (Å²) in [5.41, 5.74) is 1.37. The molecule has 22 heavy (non-hydrogen) atoms. The number of aromatic nitrogens is 1. The van der Waals surface area contributed by atoms with Gasteiger partial charge in [-0.3, -0.25) is 0 Å². The molecule has 0 saturated carbocycles. The third kappa shape index (κ3) is 4.49. The average molecular weight is 304 g/mol. The standard InChI is InChI=1S/C17H24N2O3/c1-12(2)22-17(20)16-11-13-10-14(6-7-15(13)18-16)21-9-5-8-19(3)4/h6-7,10-12,18H,5,8-9H2,1-4H3. The second-order valence-electron chi connectivity index (χ2n) is 5.89. The molecule has 2 aromatic rings. The maximum Gasteiger partial charge on any atom is 0.355 e. The van der Waals surface area contributed by atoms with Crippen LogP contribution in [0.2, 0.25) is 0 Å². The summed E-state index contributed by atoms with van der Waals surface area (Å²) < 4.78 is 10.9. The second kappa shape index (κ2) is 7.31. The number of benzene rings is 1. The molecule has 0 saturated heterocycles. The Bertz CT molecular complexity index is 632. The molecule has 0 fully saturated rings. The molecule has 1 aromatic heterocycles. The van der Waals surface area contributed by atoms with Crippen molar-refractivity contribution in [1.29, 1.82) is 0 Å². The van der Waals surface area contributed by atoms with E-state index in [1.54, 1.807) is 6.07 Å². The van der Waals surface area contributed by atoms with Crippen molar-refractivity contribution in [3.8, 4) is 5.75 Å². The molecular weight excluding hydrogens is 280 g/mol. The van der Waals surface area contributed by atoms with Crippen molar-refractivity contribution in [2.45, 2.75) is 26.4 Å². The summed E-state index contributed by atoms with van der Waals surface area (Å²) >= 11 is 0. The molecule has 0 unspecified atom stereocenters. The van der Waals surface area contributed by atoms with Crippen LogP contribution in [0.5, 0.6) is 5.75 Å². The van der Waals surface area contributed by atoms with E-state index in [1.807, 2.05) is 46.1 Å². The van der Waals surface area contributed by atoms with Gasteiger partial charge >= 0.3 is 5.97 Å². The van der Waals surface area contributed by atoms with Gasteiger partial charge in [0.05, 0.1) is 12.7 Å². The maximum atomic E-state index is 11.9. The zero-order valence-corrected chi connectivity index (χ0v) is 13.7. The van der Waals surface area contributed by atoms with E-state index in [0.717, 1.165) is 29.6 Å². The third-order valence-electron chi connectivity index (χ3n) is 3.17. The van der Waals surface area contributed by atoms with Gasteiger partial charge in [-0.25, -0.2) is 4.79 Å². The summed E-state index contributed by atoms with van der Waals surface area (Å²) in [6, 6.07) is 7.56. The Hall–Kier alpha value is -2.01. The first-order valence-corrected chi connectivity index (χ1v) is 7.57. The van der Waals surface area contributed by atoms with Crippen molar-refractivity contribution in [2.24, 2.45) is 0 Å². The number of nitrogens with one attached hydrogen (secondary N) is 1. The Morgan fingerprint density at radius 3 is 2.73 bits per heavy atom. The van der Waals surface area contributed by atoms with Crippen LogP contribution in [0.1, 0.15) is 30.8 Å². The first-order chi connectivity index (χ1) is 10.5. The van der Waals surface area contributed by atoms with Crippen molar-refractivity contribution in [1.82, 2.24) is 9.88 Å². The van der Waals surface area contributed by atoms with Crippen LogP contribution in [-0.2, 0) is 4.74 Å². The van der Waals surface area contributed by atoms with Gasteiger partial charge in [0, 0.05) is 17.4 Å². The van der Waals surface area contributed by atoms with E-state index < -0.39 is 0 Å². The lowest BCUT2D eigenvalue weighted by atomic mass is 10.2. The van der Waals surface area contributed by atoms with Gasteiger partial charge in [-0.05, 0) is 58.6 Å². The lowest BCUT2D eigenvalue weighted by molar-refractivity contribution is 0.0372. The van der Waals surface area contributed by atoms with Crippen LogP contribution < -0.4 is 4.74 Å². The van der Waals surface area contributed by atoms with E-state index in [1.165, 1.54) is 0 Å². The number of carbonyl (C=O) groups excluding carboxylic acids is 1. The van der Waals surface area contributed by atoms with E-state index in [4.69, 9.17) is 9.47 Å².